The molecule has 1 aliphatic heterocycles. The number of alkyl halides is 2. The van der Waals surface area contributed by atoms with Gasteiger partial charge in [-0.3, -0.25) is 9.36 Å². The highest BCUT2D eigenvalue weighted by Crippen LogP contribution is 2.45. The molecule has 0 aliphatic carbocycles. The molecule has 0 aromatic carbocycles. The van der Waals surface area contributed by atoms with Gasteiger partial charge in [-0.25, -0.2) is 9.37 Å². The molecule has 5 atom stereocenters. The number of carboxylic acid groups (broad SMARTS) is 1. The maximum atomic E-state index is 14.0. The summed E-state index contributed by atoms with van der Waals surface area (Å²) in [5.41, 5.74) is 6.10. The molecule has 0 saturated carbocycles. The molecule has 1 fully saturated rings. The van der Waals surface area contributed by atoms with Crippen molar-refractivity contribution in [3.63, 3.8) is 0 Å². The summed E-state index contributed by atoms with van der Waals surface area (Å²) in [5, 5.41) is 21.3. The number of anilines is 1. The van der Waals surface area contributed by atoms with Crippen LogP contribution in [0.15, 0.2) is 6.33 Å². The predicted molar refractivity (Wildman–Crippen MR) is 105 cm³/mol. The van der Waals surface area contributed by atoms with Crippen LogP contribution in [0.25, 0.3) is 11.2 Å². The standard InChI is InChI=1S/C15H19ClFN6O7P/c1-2-28-12-9-11(21-14(18)22-12)23(6-19-9)13-15(16,5-17)10(26)7(30-13)4-29-31(27)20-3-8(24)25/h6-7,10,13,26H,2-5H2,1H3,(H3-,18,20,21,22,24,25,27)/p+1/t7?,10-,13?,15?/m0/s1. The molecule has 2 aromatic heterocycles. The lowest BCUT2D eigenvalue weighted by Crippen LogP contribution is -2.44. The number of aliphatic carboxylic acids is 1. The lowest BCUT2D eigenvalue weighted by molar-refractivity contribution is -0.135. The van der Waals surface area contributed by atoms with E-state index in [2.05, 4.69) is 20.0 Å². The summed E-state index contributed by atoms with van der Waals surface area (Å²) < 4.78 is 43.1. The lowest BCUT2D eigenvalue weighted by atomic mass is 10.0. The largest absolute Gasteiger partial charge is 0.613 e. The SMILES string of the molecule is CCOc1nc(N)nc2c1ncn2C1OC(CO[P+](=O)NCC(=O)O)[C@H](O)C1(Cl)CF. The molecule has 170 valence electrons. The fourth-order valence-electron chi connectivity index (χ4n) is 3.02. The number of ether oxygens (including phenoxy) is 2. The molecule has 5 N–H and O–H groups in total. The highest BCUT2D eigenvalue weighted by molar-refractivity contribution is 7.36. The number of carbonyl (C=O) groups is 1. The average Bonchev–Trinajstić information content (AvgIpc) is 3.24. The van der Waals surface area contributed by atoms with Crippen molar-refractivity contribution < 1.29 is 38.0 Å². The number of carboxylic acids is 1. The second-order valence-corrected chi connectivity index (χ2v) is 8.25. The first-order valence-electron chi connectivity index (χ1n) is 8.98. The van der Waals surface area contributed by atoms with Gasteiger partial charge in [0.2, 0.25) is 11.8 Å². The molecule has 16 heteroatoms. The van der Waals surface area contributed by atoms with Crippen molar-refractivity contribution in [3.8, 4) is 5.88 Å². The van der Waals surface area contributed by atoms with Crippen LogP contribution in [-0.4, -0.2) is 79.2 Å². The first kappa shape index (κ1) is 23.4. The molecule has 1 saturated heterocycles. The summed E-state index contributed by atoms with van der Waals surface area (Å²) >= 11 is 6.39. The van der Waals surface area contributed by atoms with E-state index in [0.29, 0.717) is 0 Å². The van der Waals surface area contributed by atoms with Crippen molar-refractivity contribution in [2.24, 2.45) is 0 Å². The Kier molecular flexibility index (Phi) is 7.19. The molecule has 0 bridgehead atoms. The number of nitrogens with two attached hydrogens (primary N) is 1. The molecule has 31 heavy (non-hydrogen) atoms. The van der Waals surface area contributed by atoms with Crippen LogP contribution in [0.3, 0.4) is 0 Å². The Labute approximate surface area is 180 Å². The van der Waals surface area contributed by atoms with Crippen molar-refractivity contribution >= 4 is 42.9 Å². The number of halogens is 2. The van der Waals surface area contributed by atoms with Crippen LogP contribution in [0.4, 0.5) is 10.3 Å². The zero-order chi connectivity index (χ0) is 22.8. The maximum Gasteiger partial charge on any atom is 0.613 e. The topological polar surface area (TPSA) is 184 Å². The number of aromatic nitrogens is 4. The molecule has 3 heterocycles. The third kappa shape index (κ3) is 4.68. The zero-order valence-electron chi connectivity index (χ0n) is 16.1. The molecule has 0 amide bonds. The Hall–Kier alpha value is -2.22. The molecule has 3 rings (SSSR count). The van der Waals surface area contributed by atoms with Gasteiger partial charge in [0.25, 0.3) is 0 Å². The number of aliphatic hydroxyl groups excluding tert-OH is 1. The van der Waals surface area contributed by atoms with Gasteiger partial charge in [0.05, 0.1) is 12.9 Å². The summed E-state index contributed by atoms with van der Waals surface area (Å²) in [6.45, 7) is -0.222. The van der Waals surface area contributed by atoms with E-state index in [-0.39, 0.29) is 29.6 Å². The number of imidazole rings is 1. The van der Waals surface area contributed by atoms with Gasteiger partial charge in [-0.1, -0.05) is 5.09 Å². The normalized spacial score (nSPS) is 26.3. The number of nitrogens with zero attached hydrogens (tertiary/aromatic N) is 4. The fraction of sp³-hybridized carbons (Fsp3) is 0.600. The lowest BCUT2D eigenvalue weighted by Gasteiger charge is -2.27. The van der Waals surface area contributed by atoms with E-state index >= 15 is 0 Å². The summed E-state index contributed by atoms with van der Waals surface area (Å²) in [4.78, 5) is 20.8. The summed E-state index contributed by atoms with van der Waals surface area (Å²) in [5.74, 6) is -1.25. The second kappa shape index (κ2) is 9.51. The van der Waals surface area contributed by atoms with E-state index in [1.54, 1.807) is 6.92 Å². The van der Waals surface area contributed by atoms with Crippen LogP contribution in [0, 0.1) is 0 Å². The van der Waals surface area contributed by atoms with E-state index in [1.165, 1.54) is 10.9 Å². The Balaban J connectivity index is 1.85. The monoisotopic (exact) mass is 481 g/mol. The van der Waals surface area contributed by atoms with E-state index in [1.807, 2.05) is 0 Å². The smallest absolute Gasteiger partial charge is 0.480 e. The van der Waals surface area contributed by atoms with E-state index in [9.17, 15) is 18.9 Å². The minimum absolute atomic E-state index is 0.115. The number of rotatable bonds is 10. The third-order valence-corrected chi connectivity index (χ3v) is 5.73. The van der Waals surface area contributed by atoms with Crippen molar-refractivity contribution in [2.75, 3.05) is 32.2 Å². The van der Waals surface area contributed by atoms with Crippen LogP contribution in [0.1, 0.15) is 13.2 Å². The third-order valence-electron chi connectivity index (χ3n) is 4.42. The first-order valence-corrected chi connectivity index (χ1v) is 10.5. The summed E-state index contributed by atoms with van der Waals surface area (Å²) in [7, 11) is -2.57. The van der Waals surface area contributed by atoms with Gasteiger partial charge >= 0.3 is 14.1 Å². The molecule has 2 aromatic rings. The first-order chi connectivity index (χ1) is 14.7. The number of aliphatic hydroxyl groups is 1. The van der Waals surface area contributed by atoms with Crippen LogP contribution in [0.2, 0.25) is 0 Å². The average molecular weight is 482 g/mol. The quantitative estimate of drug-likeness (QED) is 0.270. The number of nitrogens with one attached hydrogen (secondary N) is 1. The summed E-state index contributed by atoms with van der Waals surface area (Å²) in [6.07, 6.45) is -2.79. The van der Waals surface area contributed by atoms with Crippen molar-refractivity contribution in [2.45, 2.75) is 30.2 Å². The van der Waals surface area contributed by atoms with Gasteiger partial charge in [-0.2, -0.15) is 9.97 Å². The minimum Gasteiger partial charge on any atom is -0.480 e. The van der Waals surface area contributed by atoms with Gasteiger partial charge in [0, 0.05) is 0 Å². The Morgan fingerprint density at radius 2 is 2.29 bits per heavy atom. The maximum absolute atomic E-state index is 14.0. The van der Waals surface area contributed by atoms with Crippen LogP contribution in [0.5, 0.6) is 5.88 Å². The Bertz CT molecular complexity index is 983. The van der Waals surface area contributed by atoms with Gasteiger partial charge in [0.1, 0.15) is 36.9 Å². The van der Waals surface area contributed by atoms with Gasteiger partial charge in [-0.05, 0) is 11.5 Å². The Morgan fingerprint density at radius 3 is 2.94 bits per heavy atom. The number of fused-ring (bicyclic) bond motifs is 1. The number of hydrogen-bond donors (Lipinski definition) is 4. The van der Waals surface area contributed by atoms with Crippen LogP contribution >= 0.6 is 19.8 Å². The van der Waals surface area contributed by atoms with Crippen LogP contribution < -0.4 is 15.6 Å². The van der Waals surface area contributed by atoms with Crippen LogP contribution in [-0.2, 0) is 18.6 Å². The van der Waals surface area contributed by atoms with E-state index in [4.69, 9.17) is 36.4 Å². The fourth-order valence-corrected chi connectivity index (χ4v) is 3.95. The van der Waals surface area contributed by atoms with E-state index in [0.717, 1.165) is 0 Å². The predicted octanol–water partition coefficient (Wildman–Crippen LogP) is 0.361. The highest BCUT2D eigenvalue weighted by Gasteiger charge is 2.57. The van der Waals surface area contributed by atoms with Crippen molar-refractivity contribution in [1.29, 1.82) is 0 Å². The van der Waals surface area contributed by atoms with Gasteiger partial charge in [-0.15, -0.1) is 16.1 Å². The van der Waals surface area contributed by atoms with Crippen molar-refractivity contribution in [3.05, 3.63) is 6.33 Å². The molecule has 0 radical (unpaired) electrons. The molecule has 0 spiro atoms. The Morgan fingerprint density at radius 1 is 1.55 bits per heavy atom. The number of hydrogen-bond acceptors (Lipinski definition) is 10. The van der Waals surface area contributed by atoms with E-state index < -0.39 is 57.3 Å². The minimum atomic E-state index is -2.57. The molecular formula is C15H20ClFN6O7P+. The van der Waals surface area contributed by atoms with Gasteiger partial charge < -0.3 is 25.4 Å². The molecule has 13 nitrogen and oxygen atoms in total. The molecule has 1 aliphatic rings. The van der Waals surface area contributed by atoms with Gasteiger partial charge in [0.15, 0.2) is 17.4 Å². The van der Waals surface area contributed by atoms with Crippen molar-refractivity contribution in [1.82, 2.24) is 24.6 Å². The highest BCUT2D eigenvalue weighted by atomic mass is 35.5. The molecular weight excluding hydrogens is 462 g/mol. The molecule has 4 unspecified atom stereocenters. The number of nitrogen functional groups attached to an aromatic ring is 1. The second-order valence-electron chi connectivity index (χ2n) is 6.46. The summed E-state index contributed by atoms with van der Waals surface area (Å²) in [6, 6.07) is 0. The zero-order valence-corrected chi connectivity index (χ0v) is 17.8.